The van der Waals surface area contributed by atoms with E-state index in [0.29, 0.717) is 12.5 Å². The first kappa shape index (κ1) is 15.5. The number of piperidine rings is 1. The number of carbonyl (C=O) groups excluding carboxylic acids is 1. The molecule has 0 unspecified atom stereocenters. The van der Waals surface area contributed by atoms with Crippen LogP contribution in [0.3, 0.4) is 0 Å². The fraction of sp³-hybridized carbons (Fsp3) is 0.471. The second kappa shape index (κ2) is 7.26. The van der Waals surface area contributed by atoms with Crippen molar-refractivity contribution < 1.29 is 4.79 Å². The van der Waals surface area contributed by atoms with Crippen LogP contribution in [-0.4, -0.2) is 44.7 Å². The van der Waals surface area contributed by atoms with Crippen LogP contribution < -0.4 is 5.32 Å². The van der Waals surface area contributed by atoms with Gasteiger partial charge >= 0.3 is 0 Å². The second-order valence-electron chi connectivity index (χ2n) is 6.09. The summed E-state index contributed by atoms with van der Waals surface area (Å²) in [5.41, 5.74) is 0. The number of amides is 1. The van der Waals surface area contributed by atoms with Gasteiger partial charge in [-0.05, 0) is 44.0 Å². The molecule has 122 valence electrons. The van der Waals surface area contributed by atoms with Crippen LogP contribution in [0.5, 0.6) is 0 Å². The fourth-order valence-electron chi connectivity index (χ4n) is 2.99. The largest absolute Gasteiger partial charge is 0.366 e. The van der Waals surface area contributed by atoms with Crippen LogP contribution in [-0.2, 0) is 4.79 Å². The van der Waals surface area contributed by atoms with E-state index in [1.54, 1.807) is 6.20 Å². The molecule has 2 aromatic heterocycles. The molecule has 1 aliphatic rings. The number of carbonyl (C=O) groups is 1. The zero-order valence-electron chi connectivity index (χ0n) is 13.4. The SMILES string of the molecule is C[C@H](CC(=O)N1CCC(Nc2cccnn2)CC1)n1cccc1. The number of nitrogens with zero attached hydrogens (tertiary/aromatic N) is 4. The third-order valence-corrected chi connectivity index (χ3v) is 4.38. The summed E-state index contributed by atoms with van der Waals surface area (Å²) in [6, 6.07) is 8.33. The van der Waals surface area contributed by atoms with Crippen LogP contribution in [0.1, 0.15) is 32.2 Å². The van der Waals surface area contributed by atoms with Crippen LogP contribution in [0.25, 0.3) is 0 Å². The van der Waals surface area contributed by atoms with Crippen molar-refractivity contribution in [1.82, 2.24) is 19.7 Å². The topological polar surface area (TPSA) is 63.1 Å². The summed E-state index contributed by atoms with van der Waals surface area (Å²) in [6.45, 7) is 3.69. The first-order valence-electron chi connectivity index (χ1n) is 8.17. The molecular formula is C17H23N5O. The Hall–Kier alpha value is -2.37. The lowest BCUT2D eigenvalue weighted by atomic mass is 10.0. The van der Waals surface area contributed by atoms with Crippen LogP contribution in [0.4, 0.5) is 5.82 Å². The Morgan fingerprint density at radius 1 is 1.30 bits per heavy atom. The molecule has 0 aromatic carbocycles. The van der Waals surface area contributed by atoms with Gasteiger partial charge in [-0.3, -0.25) is 4.79 Å². The number of aromatic nitrogens is 3. The van der Waals surface area contributed by atoms with E-state index >= 15 is 0 Å². The number of rotatable bonds is 5. The van der Waals surface area contributed by atoms with Crippen molar-refractivity contribution in [2.45, 2.75) is 38.3 Å². The van der Waals surface area contributed by atoms with E-state index in [0.717, 1.165) is 31.7 Å². The lowest BCUT2D eigenvalue weighted by Crippen LogP contribution is -2.43. The van der Waals surface area contributed by atoms with Crippen molar-refractivity contribution in [3.05, 3.63) is 42.9 Å². The molecule has 23 heavy (non-hydrogen) atoms. The van der Waals surface area contributed by atoms with Crippen LogP contribution in [0.2, 0.25) is 0 Å². The highest BCUT2D eigenvalue weighted by Crippen LogP contribution is 2.18. The summed E-state index contributed by atoms with van der Waals surface area (Å²) in [6.07, 6.45) is 8.12. The quantitative estimate of drug-likeness (QED) is 0.920. The van der Waals surface area contributed by atoms with E-state index in [-0.39, 0.29) is 11.9 Å². The van der Waals surface area contributed by atoms with E-state index in [9.17, 15) is 4.79 Å². The molecule has 6 heteroatoms. The van der Waals surface area contributed by atoms with Crippen LogP contribution in [0, 0.1) is 0 Å². The first-order valence-corrected chi connectivity index (χ1v) is 8.17. The molecule has 0 aliphatic carbocycles. The summed E-state index contributed by atoms with van der Waals surface area (Å²) in [5.74, 6) is 1.04. The van der Waals surface area contributed by atoms with Crippen molar-refractivity contribution in [2.75, 3.05) is 18.4 Å². The number of hydrogen-bond acceptors (Lipinski definition) is 4. The van der Waals surface area contributed by atoms with Gasteiger partial charge in [0.1, 0.15) is 5.82 Å². The Kier molecular flexibility index (Phi) is 4.90. The summed E-state index contributed by atoms with van der Waals surface area (Å²) in [7, 11) is 0. The Balaban J connectivity index is 1.46. The third kappa shape index (κ3) is 4.09. The average molecular weight is 313 g/mol. The molecule has 1 fully saturated rings. The average Bonchev–Trinajstić information content (AvgIpc) is 3.11. The maximum absolute atomic E-state index is 12.4. The van der Waals surface area contributed by atoms with Crippen LogP contribution in [0.15, 0.2) is 42.9 Å². The maximum atomic E-state index is 12.4. The molecule has 0 radical (unpaired) electrons. The van der Waals surface area contributed by atoms with Gasteiger partial charge in [-0.2, -0.15) is 5.10 Å². The van der Waals surface area contributed by atoms with Gasteiger partial charge in [-0.25, -0.2) is 0 Å². The van der Waals surface area contributed by atoms with Gasteiger partial charge < -0.3 is 14.8 Å². The highest BCUT2D eigenvalue weighted by Gasteiger charge is 2.24. The van der Waals surface area contributed by atoms with Gasteiger partial charge in [0.2, 0.25) is 5.91 Å². The number of nitrogens with one attached hydrogen (secondary N) is 1. The van der Waals surface area contributed by atoms with Gasteiger partial charge in [-0.1, -0.05) is 0 Å². The molecular weight excluding hydrogens is 290 g/mol. The molecule has 0 spiro atoms. The molecule has 3 rings (SSSR count). The van der Waals surface area contributed by atoms with E-state index in [2.05, 4.69) is 27.0 Å². The van der Waals surface area contributed by atoms with E-state index in [1.165, 1.54) is 0 Å². The minimum Gasteiger partial charge on any atom is -0.366 e. The smallest absolute Gasteiger partial charge is 0.224 e. The molecule has 1 saturated heterocycles. The highest BCUT2D eigenvalue weighted by molar-refractivity contribution is 5.76. The van der Waals surface area contributed by atoms with Crippen molar-refractivity contribution in [3.63, 3.8) is 0 Å². The third-order valence-electron chi connectivity index (χ3n) is 4.38. The lowest BCUT2D eigenvalue weighted by Gasteiger charge is -2.33. The standard InChI is InChI=1S/C17H23N5O/c1-14(21-9-2-3-10-21)13-17(23)22-11-6-15(7-12-22)19-16-5-4-8-18-20-16/h2-5,8-10,14-15H,6-7,11-13H2,1H3,(H,19,20)/t14-/m1/s1. The van der Waals surface area contributed by atoms with Gasteiger partial charge in [0.15, 0.2) is 0 Å². The number of anilines is 1. The highest BCUT2D eigenvalue weighted by atomic mass is 16.2. The van der Waals surface area contributed by atoms with Crippen molar-refractivity contribution in [1.29, 1.82) is 0 Å². The summed E-state index contributed by atoms with van der Waals surface area (Å²) in [4.78, 5) is 14.4. The Labute approximate surface area is 136 Å². The number of hydrogen-bond donors (Lipinski definition) is 1. The van der Waals surface area contributed by atoms with E-state index in [4.69, 9.17) is 0 Å². The molecule has 6 nitrogen and oxygen atoms in total. The Bertz CT molecular complexity index is 605. The monoisotopic (exact) mass is 313 g/mol. The molecule has 3 heterocycles. The van der Waals surface area contributed by atoms with Crippen molar-refractivity contribution >= 4 is 11.7 Å². The number of likely N-dealkylation sites (tertiary alicyclic amines) is 1. The Morgan fingerprint density at radius 2 is 2.04 bits per heavy atom. The van der Waals surface area contributed by atoms with Gasteiger partial charge in [0, 0.05) is 50.2 Å². The predicted molar refractivity (Wildman–Crippen MR) is 89.0 cm³/mol. The Morgan fingerprint density at radius 3 is 2.70 bits per heavy atom. The van der Waals surface area contributed by atoms with Crippen LogP contribution >= 0.6 is 0 Å². The molecule has 1 N–H and O–H groups in total. The maximum Gasteiger partial charge on any atom is 0.224 e. The molecule has 0 saturated carbocycles. The first-order chi connectivity index (χ1) is 11.2. The fourth-order valence-corrected chi connectivity index (χ4v) is 2.99. The molecule has 1 amide bonds. The van der Waals surface area contributed by atoms with Gasteiger partial charge in [0.05, 0.1) is 0 Å². The van der Waals surface area contributed by atoms with Gasteiger partial charge in [-0.15, -0.1) is 5.10 Å². The molecule has 1 aliphatic heterocycles. The predicted octanol–water partition coefficient (Wildman–Crippen LogP) is 2.33. The van der Waals surface area contributed by atoms with Crippen molar-refractivity contribution in [3.8, 4) is 0 Å². The van der Waals surface area contributed by atoms with Crippen molar-refractivity contribution in [2.24, 2.45) is 0 Å². The zero-order valence-corrected chi connectivity index (χ0v) is 13.4. The zero-order chi connectivity index (χ0) is 16.1. The lowest BCUT2D eigenvalue weighted by molar-refractivity contribution is -0.132. The van der Waals surface area contributed by atoms with Gasteiger partial charge in [0.25, 0.3) is 0 Å². The van der Waals surface area contributed by atoms with E-state index in [1.807, 2.05) is 41.6 Å². The summed E-state index contributed by atoms with van der Waals surface area (Å²) >= 11 is 0. The molecule has 1 atom stereocenters. The summed E-state index contributed by atoms with van der Waals surface area (Å²) < 4.78 is 2.08. The minimum absolute atomic E-state index is 0.202. The summed E-state index contributed by atoms with van der Waals surface area (Å²) in [5, 5.41) is 11.3. The second-order valence-corrected chi connectivity index (χ2v) is 6.09. The molecule has 0 bridgehead atoms. The van der Waals surface area contributed by atoms with E-state index < -0.39 is 0 Å². The molecule has 2 aromatic rings. The normalized spacial score (nSPS) is 17.0. The minimum atomic E-state index is 0.202.